The molecule has 4 aromatic carbocycles. The van der Waals surface area contributed by atoms with Crippen LogP contribution in [0.4, 0.5) is 11.4 Å². The van der Waals surface area contributed by atoms with Gasteiger partial charge in [-0.15, -0.1) is 23.5 Å². The fraction of sp³-hybridized carbons (Fsp3) is 0.111. The Morgan fingerprint density at radius 1 is 0.645 bits per heavy atom. The number of para-hydroxylation sites is 2. The average molecular weight is 456 g/mol. The van der Waals surface area contributed by atoms with Gasteiger partial charge in [-0.05, 0) is 48.0 Å². The fourth-order valence-electron chi connectivity index (χ4n) is 4.42. The van der Waals surface area contributed by atoms with E-state index in [9.17, 15) is 0 Å². The summed E-state index contributed by atoms with van der Waals surface area (Å²) in [6.45, 7) is 0.966. The first-order valence-corrected chi connectivity index (χ1v) is 12.9. The molecule has 6 rings (SSSR count). The number of hydrogen-bond acceptors (Lipinski definition) is 4. The molecule has 0 fully saturated rings. The molecule has 0 saturated heterocycles. The average Bonchev–Trinajstić information content (AvgIpc) is 2.80. The highest BCUT2D eigenvalue weighted by molar-refractivity contribution is 8.18. The second-order valence-corrected chi connectivity index (χ2v) is 12.1. The molecule has 4 aromatic rings. The molecule has 0 bridgehead atoms. The van der Waals surface area contributed by atoms with Crippen molar-refractivity contribution >= 4 is 46.7 Å². The van der Waals surface area contributed by atoms with Crippen molar-refractivity contribution in [2.45, 2.75) is 30.1 Å². The number of rotatable bonds is 4. The Bertz CT molecular complexity index is 1180. The van der Waals surface area contributed by atoms with E-state index >= 15 is 0 Å². The highest BCUT2D eigenvalue weighted by Crippen LogP contribution is 2.58. The van der Waals surface area contributed by atoms with Crippen LogP contribution in [0, 0.1) is 0 Å². The number of nitrogens with zero attached hydrogens (tertiary/aromatic N) is 1. The zero-order valence-electron chi connectivity index (χ0n) is 16.9. The molecule has 0 N–H and O–H groups in total. The SMILES string of the molecule is c1ccc(SC2(Sc3ccccc3)Cc3cccc4c3N(C2)c2ccccc2S4)cc1. The molecule has 0 aliphatic carbocycles. The van der Waals surface area contributed by atoms with Crippen molar-refractivity contribution in [1.82, 2.24) is 0 Å². The highest BCUT2D eigenvalue weighted by atomic mass is 32.2. The summed E-state index contributed by atoms with van der Waals surface area (Å²) in [5, 5.41) is 0. The summed E-state index contributed by atoms with van der Waals surface area (Å²) in [5.74, 6) is 0. The maximum atomic E-state index is 2.58. The number of hydrogen-bond donors (Lipinski definition) is 0. The van der Waals surface area contributed by atoms with Crippen LogP contribution < -0.4 is 4.90 Å². The molecule has 0 atom stereocenters. The quantitative estimate of drug-likeness (QED) is 0.286. The third kappa shape index (κ3) is 3.67. The number of benzene rings is 4. The summed E-state index contributed by atoms with van der Waals surface area (Å²) in [6, 6.07) is 37.4. The van der Waals surface area contributed by atoms with Crippen LogP contribution in [0.25, 0.3) is 0 Å². The number of anilines is 2. The van der Waals surface area contributed by atoms with E-state index in [-0.39, 0.29) is 4.08 Å². The first kappa shape index (κ1) is 19.4. The zero-order valence-corrected chi connectivity index (χ0v) is 19.4. The van der Waals surface area contributed by atoms with Crippen molar-refractivity contribution in [2.24, 2.45) is 0 Å². The van der Waals surface area contributed by atoms with Crippen molar-refractivity contribution < 1.29 is 0 Å². The van der Waals surface area contributed by atoms with E-state index in [0.717, 1.165) is 13.0 Å². The first-order chi connectivity index (χ1) is 15.3. The van der Waals surface area contributed by atoms with Crippen LogP contribution in [0.1, 0.15) is 5.56 Å². The Hall–Kier alpha value is -2.27. The molecule has 0 amide bonds. The summed E-state index contributed by atoms with van der Waals surface area (Å²) < 4.78 is -0.0244. The molecule has 31 heavy (non-hydrogen) atoms. The third-order valence-electron chi connectivity index (χ3n) is 5.68. The van der Waals surface area contributed by atoms with Gasteiger partial charge in [-0.1, -0.05) is 72.4 Å². The van der Waals surface area contributed by atoms with E-state index < -0.39 is 0 Å². The molecule has 0 radical (unpaired) electrons. The number of thioether (sulfide) groups is 2. The van der Waals surface area contributed by atoms with Crippen molar-refractivity contribution in [1.29, 1.82) is 0 Å². The Morgan fingerprint density at radius 2 is 1.26 bits per heavy atom. The molecule has 2 aliphatic heterocycles. The smallest absolute Gasteiger partial charge is 0.0923 e. The third-order valence-corrected chi connectivity index (χ3v) is 9.60. The second kappa shape index (κ2) is 8.01. The van der Waals surface area contributed by atoms with Gasteiger partial charge in [0.2, 0.25) is 0 Å². The summed E-state index contributed by atoms with van der Waals surface area (Å²) in [4.78, 5) is 7.94. The molecule has 4 heteroatoms. The summed E-state index contributed by atoms with van der Waals surface area (Å²) >= 11 is 5.92. The Balaban J connectivity index is 1.49. The van der Waals surface area contributed by atoms with Gasteiger partial charge in [-0.2, -0.15) is 0 Å². The highest BCUT2D eigenvalue weighted by Gasteiger charge is 2.43. The van der Waals surface area contributed by atoms with Gasteiger partial charge in [-0.3, -0.25) is 0 Å². The van der Waals surface area contributed by atoms with Crippen LogP contribution in [-0.2, 0) is 6.42 Å². The largest absolute Gasteiger partial charge is 0.337 e. The van der Waals surface area contributed by atoms with Crippen LogP contribution in [-0.4, -0.2) is 10.6 Å². The monoisotopic (exact) mass is 455 g/mol. The van der Waals surface area contributed by atoms with Gasteiger partial charge >= 0.3 is 0 Å². The first-order valence-electron chi connectivity index (χ1n) is 10.4. The maximum Gasteiger partial charge on any atom is 0.0923 e. The van der Waals surface area contributed by atoms with Crippen molar-refractivity contribution in [3.63, 3.8) is 0 Å². The minimum Gasteiger partial charge on any atom is -0.337 e. The van der Waals surface area contributed by atoms with Crippen molar-refractivity contribution in [3.05, 3.63) is 109 Å². The van der Waals surface area contributed by atoms with Crippen LogP contribution >= 0.6 is 35.3 Å². The molecule has 2 heterocycles. The van der Waals surface area contributed by atoms with Gasteiger partial charge < -0.3 is 4.90 Å². The van der Waals surface area contributed by atoms with E-state index in [1.54, 1.807) is 0 Å². The van der Waals surface area contributed by atoms with E-state index in [4.69, 9.17) is 0 Å². The van der Waals surface area contributed by atoms with Crippen LogP contribution in [0.2, 0.25) is 0 Å². The second-order valence-electron chi connectivity index (χ2n) is 7.84. The molecule has 1 nitrogen and oxygen atoms in total. The molecule has 0 spiro atoms. The van der Waals surface area contributed by atoms with Crippen LogP contribution in [0.5, 0.6) is 0 Å². The molecule has 2 aliphatic rings. The topological polar surface area (TPSA) is 3.24 Å². The lowest BCUT2D eigenvalue weighted by Gasteiger charge is -2.46. The van der Waals surface area contributed by atoms with E-state index in [0.29, 0.717) is 0 Å². The van der Waals surface area contributed by atoms with Crippen molar-refractivity contribution in [3.8, 4) is 0 Å². The van der Waals surface area contributed by atoms with Gasteiger partial charge in [-0.25, -0.2) is 0 Å². The van der Waals surface area contributed by atoms with E-state index in [2.05, 4.69) is 108 Å². The molecule has 152 valence electrons. The van der Waals surface area contributed by atoms with Gasteiger partial charge in [0.05, 0.1) is 15.5 Å². The lowest BCUT2D eigenvalue weighted by atomic mass is 9.99. The van der Waals surface area contributed by atoms with Crippen LogP contribution in [0.15, 0.2) is 123 Å². The van der Waals surface area contributed by atoms with E-state index in [1.807, 2.05) is 35.3 Å². The van der Waals surface area contributed by atoms with Gasteiger partial charge in [0.15, 0.2) is 0 Å². The molecule has 0 aromatic heterocycles. The van der Waals surface area contributed by atoms with E-state index in [1.165, 1.54) is 36.5 Å². The molecule has 0 saturated carbocycles. The lowest BCUT2D eigenvalue weighted by molar-refractivity contribution is 0.726. The number of fused-ring (bicyclic) bond motifs is 2. The van der Waals surface area contributed by atoms with Gasteiger partial charge in [0, 0.05) is 32.5 Å². The summed E-state index contributed by atoms with van der Waals surface area (Å²) in [6.07, 6.45) is 1.04. The fourth-order valence-corrected chi connectivity index (χ4v) is 8.60. The standard InChI is InChI=1S/C27H21NS3/c1-3-11-21(12-4-1)30-27(31-22-13-5-2-6-14-22)18-20-10-9-17-25-26(20)28(19-27)23-15-7-8-16-24(23)29-25/h1-17H,18-19H2. The minimum atomic E-state index is -0.0244. The Morgan fingerprint density at radius 3 is 1.97 bits per heavy atom. The van der Waals surface area contributed by atoms with Crippen LogP contribution in [0.3, 0.4) is 0 Å². The lowest BCUT2D eigenvalue weighted by Crippen LogP contribution is -2.43. The molecule has 0 unspecified atom stereocenters. The van der Waals surface area contributed by atoms with Gasteiger partial charge in [0.1, 0.15) is 0 Å². The Kier molecular flexibility index (Phi) is 5.02. The normalized spacial score (nSPS) is 15.8. The van der Waals surface area contributed by atoms with Gasteiger partial charge in [0.25, 0.3) is 0 Å². The minimum absolute atomic E-state index is 0.0244. The summed E-state index contributed by atoms with van der Waals surface area (Å²) in [7, 11) is 0. The predicted molar refractivity (Wildman–Crippen MR) is 135 cm³/mol. The zero-order chi connectivity index (χ0) is 20.7. The molecular weight excluding hydrogens is 435 g/mol. The predicted octanol–water partition coefficient (Wildman–Crippen LogP) is 8.13. The van der Waals surface area contributed by atoms with Crippen molar-refractivity contribution in [2.75, 3.05) is 11.4 Å². The Labute approximate surface area is 196 Å². The maximum absolute atomic E-state index is 2.58. The summed E-state index contributed by atoms with van der Waals surface area (Å²) in [5.41, 5.74) is 4.18. The molecular formula is C27H21NS3.